The molecule has 2 aromatic carbocycles. The van der Waals surface area contributed by atoms with Crippen molar-refractivity contribution < 1.29 is 14.6 Å². The second-order valence-corrected chi connectivity index (χ2v) is 7.83. The van der Waals surface area contributed by atoms with E-state index >= 15 is 0 Å². The Labute approximate surface area is 160 Å². The number of hydrogen-bond acceptors (Lipinski definition) is 3. The number of unbranched alkanes of at least 4 members (excludes halogenated alkanes) is 1. The highest BCUT2D eigenvalue weighted by Crippen LogP contribution is 2.37. The standard InChI is InChI=1S/C23H27NO3/c1-2-3-4-16-7-10-21-19(11-16)12-22(27-21)18-8-5-17(6-9-18)13-24-14-20(15-24)23(25)26/h5-11,20,22H,2-4,12-15H2,1H3,(H,25,26). The van der Waals surface area contributed by atoms with Gasteiger partial charge in [0.1, 0.15) is 11.9 Å². The van der Waals surface area contributed by atoms with E-state index in [0.29, 0.717) is 13.1 Å². The third-order valence-electron chi connectivity index (χ3n) is 5.68. The van der Waals surface area contributed by atoms with E-state index in [-0.39, 0.29) is 12.0 Å². The first-order valence-electron chi connectivity index (χ1n) is 9.95. The number of rotatable bonds is 7. The molecule has 27 heavy (non-hydrogen) atoms. The van der Waals surface area contributed by atoms with Crippen LogP contribution >= 0.6 is 0 Å². The molecule has 0 radical (unpaired) electrons. The molecule has 2 aliphatic rings. The number of aliphatic carboxylic acids is 1. The number of aryl methyl sites for hydroxylation is 1. The molecule has 0 spiro atoms. The molecule has 0 amide bonds. The van der Waals surface area contributed by atoms with Crippen LogP contribution in [0.25, 0.3) is 0 Å². The molecule has 4 heteroatoms. The lowest BCUT2D eigenvalue weighted by Gasteiger charge is -2.36. The lowest BCUT2D eigenvalue weighted by molar-refractivity contribution is -0.147. The van der Waals surface area contributed by atoms with Crippen molar-refractivity contribution in [2.45, 2.75) is 45.3 Å². The maximum atomic E-state index is 10.9. The summed E-state index contributed by atoms with van der Waals surface area (Å²) < 4.78 is 6.17. The van der Waals surface area contributed by atoms with E-state index in [1.165, 1.54) is 35.1 Å². The van der Waals surface area contributed by atoms with E-state index in [0.717, 1.165) is 25.1 Å². The molecule has 2 aliphatic heterocycles. The third-order valence-corrected chi connectivity index (χ3v) is 5.68. The fourth-order valence-electron chi connectivity index (χ4n) is 3.98. The fraction of sp³-hybridized carbons (Fsp3) is 0.435. The molecular formula is C23H27NO3. The van der Waals surface area contributed by atoms with Crippen molar-refractivity contribution in [1.29, 1.82) is 0 Å². The highest BCUT2D eigenvalue weighted by Gasteiger charge is 2.32. The molecule has 1 atom stereocenters. The maximum absolute atomic E-state index is 10.9. The van der Waals surface area contributed by atoms with E-state index in [1.807, 2.05) is 0 Å². The number of hydrogen-bond donors (Lipinski definition) is 1. The van der Waals surface area contributed by atoms with Crippen LogP contribution < -0.4 is 4.74 Å². The molecule has 4 rings (SSSR count). The number of carbonyl (C=O) groups is 1. The zero-order chi connectivity index (χ0) is 18.8. The van der Waals surface area contributed by atoms with Gasteiger partial charge in [-0.3, -0.25) is 9.69 Å². The van der Waals surface area contributed by atoms with Crippen LogP contribution in [0.3, 0.4) is 0 Å². The van der Waals surface area contributed by atoms with E-state index in [9.17, 15) is 4.79 Å². The molecule has 142 valence electrons. The monoisotopic (exact) mass is 365 g/mol. The molecule has 1 N–H and O–H groups in total. The van der Waals surface area contributed by atoms with Crippen LogP contribution in [0.15, 0.2) is 42.5 Å². The smallest absolute Gasteiger partial charge is 0.309 e. The predicted molar refractivity (Wildman–Crippen MR) is 105 cm³/mol. The molecule has 2 aromatic rings. The minimum atomic E-state index is -0.683. The summed E-state index contributed by atoms with van der Waals surface area (Å²) in [4.78, 5) is 13.1. The first-order chi connectivity index (χ1) is 13.1. The Morgan fingerprint density at radius 1 is 1.15 bits per heavy atom. The summed E-state index contributed by atoms with van der Waals surface area (Å²) in [5.41, 5.74) is 5.15. The summed E-state index contributed by atoms with van der Waals surface area (Å²) in [5, 5.41) is 8.97. The van der Waals surface area contributed by atoms with E-state index < -0.39 is 5.97 Å². The number of likely N-dealkylation sites (tertiary alicyclic amines) is 1. The van der Waals surface area contributed by atoms with Crippen LogP contribution in [0.5, 0.6) is 5.75 Å². The minimum absolute atomic E-state index is 0.0934. The normalized spacial score (nSPS) is 19.4. The zero-order valence-electron chi connectivity index (χ0n) is 15.9. The van der Waals surface area contributed by atoms with Crippen LogP contribution in [0, 0.1) is 5.92 Å². The molecule has 1 saturated heterocycles. The van der Waals surface area contributed by atoms with Crippen molar-refractivity contribution in [3.63, 3.8) is 0 Å². The Bertz CT molecular complexity index is 809. The number of ether oxygens (including phenoxy) is 1. The van der Waals surface area contributed by atoms with Gasteiger partial charge in [-0.15, -0.1) is 0 Å². The van der Waals surface area contributed by atoms with Crippen LogP contribution in [0.2, 0.25) is 0 Å². The Morgan fingerprint density at radius 3 is 2.59 bits per heavy atom. The average Bonchev–Trinajstić information content (AvgIpc) is 3.06. The molecule has 0 aliphatic carbocycles. The van der Waals surface area contributed by atoms with Crippen LogP contribution in [0.4, 0.5) is 0 Å². The van der Waals surface area contributed by atoms with Crippen molar-refractivity contribution in [2.75, 3.05) is 13.1 Å². The molecule has 0 saturated carbocycles. The first-order valence-corrected chi connectivity index (χ1v) is 9.95. The van der Waals surface area contributed by atoms with Gasteiger partial charge in [0.25, 0.3) is 0 Å². The predicted octanol–water partition coefficient (Wildman–Crippen LogP) is 4.22. The highest BCUT2D eigenvalue weighted by molar-refractivity contribution is 5.71. The number of nitrogens with zero attached hydrogens (tertiary/aromatic N) is 1. The van der Waals surface area contributed by atoms with Gasteiger partial charge in [-0.05, 0) is 41.2 Å². The SMILES string of the molecule is CCCCc1ccc2c(c1)CC(c1ccc(CN3CC(C(=O)O)C3)cc1)O2. The summed E-state index contributed by atoms with van der Waals surface area (Å²) in [6.45, 7) is 4.34. The number of benzene rings is 2. The number of carboxylic acids is 1. The summed E-state index contributed by atoms with van der Waals surface area (Å²) in [7, 11) is 0. The summed E-state index contributed by atoms with van der Waals surface area (Å²) in [5.74, 6) is 0.138. The maximum Gasteiger partial charge on any atom is 0.309 e. The fourth-order valence-corrected chi connectivity index (χ4v) is 3.98. The van der Waals surface area contributed by atoms with Gasteiger partial charge in [0.2, 0.25) is 0 Å². The van der Waals surface area contributed by atoms with E-state index in [2.05, 4.69) is 54.3 Å². The topological polar surface area (TPSA) is 49.8 Å². The van der Waals surface area contributed by atoms with Gasteiger partial charge in [0.05, 0.1) is 5.92 Å². The van der Waals surface area contributed by atoms with Gasteiger partial charge in [-0.25, -0.2) is 0 Å². The Kier molecular flexibility index (Phi) is 5.17. The highest BCUT2D eigenvalue weighted by atomic mass is 16.5. The molecular weight excluding hydrogens is 338 g/mol. The Balaban J connectivity index is 1.35. The average molecular weight is 365 g/mol. The molecule has 0 aromatic heterocycles. The van der Waals surface area contributed by atoms with Crippen LogP contribution in [-0.2, 0) is 24.2 Å². The van der Waals surface area contributed by atoms with Crippen molar-refractivity contribution >= 4 is 5.97 Å². The van der Waals surface area contributed by atoms with Gasteiger partial charge < -0.3 is 9.84 Å². The van der Waals surface area contributed by atoms with E-state index in [4.69, 9.17) is 9.84 Å². The van der Waals surface area contributed by atoms with Gasteiger partial charge >= 0.3 is 5.97 Å². The quantitative estimate of drug-likeness (QED) is 0.798. The Morgan fingerprint density at radius 2 is 1.89 bits per heavy atom. The van der Waals surface area contributed by atoms with Gasteiger partial charge in [0.15, 0.2) is 0 Å². The lowest BCUT2D eigenvalue weighted by Crippen LogP contribution is -2.49. The largest absolute Gasteiger partial charge is 0.485 e. The summed E-state index contributed by atoms with van der Waals surface area (Å²) in [6, 6.07) is 15.2. The second kappa shape index (κ2) is 7.73. The van der Waals surface area contributed by atoms with Crippen molar-refractivity contribution in [3.8, 4) is 5.75 Å². The number of fused-ring (bicyclic) bond motifs is 1. The summed E-state index contributed by atoms with van der Waals surface area (Å²) in [6.07, 6.45) is 4.62. The van der Waals surface area contributed by atoms with Crippen molar-refractivity contribution in [2.24, 2.45) is 5.92 Å². The molecule has 4 nitrogen and oxygen atoms in total. The van der Waals surface area contributed by atoms with Crippen LogP contribution in [-0.4, -0.2) is 29.1 Å². The lowest BCUT2D eigenvalue weighted by atomic mass is 9.98. The van der Waals surface area contributed by atoms with E-state index in [1.54, 1.807) is 0 Å². The van der Waals surface area contributed by atoms with Crippen molar-refractivity contribution in [3.05, 3.63) is 64.7 Å². The molecule has 2 heterocycles. The third kappa shape index (κ3) is 4.01. The van der Waals surface area contributed by atoms with Gasteiger partial charge in [0, 0.05) is 26.1 Å². The van der Waals surface area contributed by atoms with Crippen LogP contribution in [0.1, 0.15) is 48.1 Å². The second-order valence-electron chi connectivity index (χ2n) is 7.83. The van der Waals surface area contributed by atoms with Gasteiger partial charge in [-0.1, -0.05) is 49.7 Å². The molecule has 1 fully saturated rings. The van der Waals surface area contributed by atoms with Gasteiger partial charge in [-0.2, -0.15) is 0 Å². The first kappa shape index (κ1) is 18.1. The Hall–Kier alpha value is -2.33. The number of carboxylic acid groups (broad SMARTS) is 1. The minimum Gasteiger partial charge on any atom is -0.485 e. The zero-order valence-corrected chi connectivity index (χ0v) is 15.9. The molecule has 1 unspecified atom stereocenters. The van der Waals surface area contributed by atoms with Crippen molar-refractivity contribution in [1.82, 2.24) is 4.90 Å². The summed E-state index contributed by atoms with van der Waals surface area (Å²) >= 11 is 0. The molecule has 0 bridgehead atoms.